The molecule has 0 saturated carbocycles. The van der Waals surface area contributed by atoms with Gasteiger partial charge in [-0.1, -0.05) is 35.5 Å². The molecular weight excluding hydrogens is 526 g/mol. The zero-order valence-corrected chi connectivity index (χ0v) is 23.1. The molecule has 0 spiro atoms. The number of carbonyl (C=O) groups is 4. The van der Waals surface area contributed by atoms with Gasteiger partial charge in [-0.3, -0.25) is 23.9 Å². The number of nitrogens with one attached hydrogen (secondary N) is 2. The van der Waals surface area contributed by atoms with Crippen LogP contribution in [-0.4, -0.2) is 90.1 Å². The van der Waals surface area contributed by atoms with E-state index in [-0.39, 0.29) is 62.4 Å². The van der Waals surface area contributed by atoms with E-state index in [4.69, 9.17) is 0 Å². The van der Waals surface area contributed by atoms with Crippen LogP contribution in [0.25, 0.3) is 0 Å². The standard InChI is InChI=1S/C28H33N9O4/c1-18-13-22(31-19(2)30-18)27(40)35-11-12-37-24(17-35)26(39)29-15-21-16-36(34-33-21)10-6-9-25(38)32-23(28(37)41)14-20-7-4-3-5-8-20/h3-5,7-8,13,16,23-24H,6,9-12,14-15,17H2,1-2H3,(H,29,39)(H,32,38)/t23-,24+/m0/s1. The number of nitrogens with zero attached hydrogens (tertiary/aromatic N) is 7. The van der Waals surface area contributed by atoms with Crippen LogP contribution in [-0.2, 0) is 33.9 Å². The zero-order chi connectivity index (χ0) is 28.9. The minimum atomic E-state index is -0.987. The van der Waals surface area contributed by atoms with Gasteiger partial charge in [0, 0.05) is 38.2 Å². The van der Waals surface area contributed by atoms with Crippen LogP contribution >= 0.6 is 0 Å². The molecule has 13 heteroatoms. The molecule has 0 aliphatic carbocycles. The molecule has 13 nitrogen and oxygen atoms in total. The molecule has 1 fully saturated rings. The quantitative estimate of drug-likeness (QED) is 0.460. The van der Waals surface area contributed by atoms with E-state index in [1.807, 2.05) is 30.3 Å². The van der Waals surface area contributed by atoms with Gasteiger partial charge in [-0.15, -0.1) is 5.10 Å². The molecule has 4 amide bonds. The smallest absolute Gasteiger partial charge is 0.272 e. The number of fused-ring (bicyclic) bond motifs is 3. The van der Waals surface area contributed by atoms with Gasteiger partial charge < -0.3 is 20.4 Å². The Hall–Kier alpha value is -4.68. The average Bonchev–Trinajstić information content (AvgIpc) is 3.41. The Balaban J connectivity index is 1.44. The average molecular weight is 560 g/mol. The lowest BCUT2D eigenvalue weighted by atomic mass is 10.0. The minimum absolute atomic E-state index is 0.0306. The first kappa shape index (κ1) is 27.9. The van der Waals surface area contributed by atoms with E-state index in [1.165, 1.54) is 9.80 Å². The number of benzene rings is 1. The highest BCUT2D eigenvalue weighted by Gasteiger charge is 2.40. The molecule has 5 rings (SSSR count). The summed E-state index contributed by atoms with van der Waals surface area (Å²) in [4.78, 5) is 65.5. The number of hydrogen-bond donors (Lipinski definition) is 2. The van der Waals surface area contributed by atoms with Crippen molar-refractivity contribution in [3.63, 3.8) is 0 Å². The van der Waals surface area contributed by atoms with Crippen molar-refractivity contribution in [1.29, 1.82) is 0 Å². The molecule has 1 aromatic carbocycles. The van der Waals surface area contributed by atoms with Crippen molar-refractivity contribution in [1.82, 2.24) is 45.4 Å². The van der Waals surface area contributed by atoms with Gasteiger partial charge in [0.25, 0.3) is 5.91 Å². The fourth-order valence-electron chi connectivity index (χ4n) is 5.19. The Morgan fingerprint density at radius 2 is 1.85 bits per heavy atom. The third-order valence-electron chi connectivity index (χ3n) is 7.18. The Morgan fingerprint density at radius 3 is 2.63 bits per heavy atom. The van der Waals surface area contributed by atoms with Crippen LogP contribution in [0.4, 0.5) is 0 Å². The molecule has 0 radical (unpaired) electrons. The molecule has 2 aliphatic heterocycles. The first-order valence-electron chi connectivity index (χ1n) is 13.7. The molecule has 4 heterocycles. The van der Waals surface area contributed by atoms with Crippen LogP contribution in [0.1, 0.15) is 46.1 Å². The topological polar surface area (TPSA) is 155 Å². The van der Waals surface area contributed by atoms with Crippen LogP contribution in [0, 0.1) is 13.8 Å². The Labute approximate surface area is 237 Å². The normalized spacial score (nSPS) is 20.4. The maximum Gasteiger partial charge on any atom is 0.272 e. The highest BCUT2D eigenvalue weighted by molar-refractivity contribution is 5.95. The number of hydrogen-bond acceptors (Lipinski definition) is 8. The number of piperazine rings is 1. The van der Waals surface area contributed by atoms with Crippen molar-refractivity contribution in [2.75, 3.05) is 19.6 Å². The van der Waals surface area contributed by atoms with Gasteiger partial charge in [0.2, 0.25) is 17.7 Å². The molecule has 3 aromatic rings. The molecule has 214 valence electrons. The van der Waals surface area contributed by atoms with Crippen LogP contribution in [0.3, 0.4) is 0 Å². The Bertz CT molecular complexity index is 1420. The SMILES string of the molecule is Cc1cc(C(=O)N2CCN3C(=O)[C@H](Cc4ccccc4)NC(=O)CCCn4cc(nn4)CNC(=O)[C@H]3C2)nc(C)n1. The second kappa shape index (κ2) is 12.2. The summed E-state index contributed by atoms with van der Waals surface area (Å²) in [6, 6.07) is 9.16. The van der Waals surface area contributed by atoms with Crippen molar-refractivity contribution in [3.05, 3.63) is 71.1 Å². The summed E-state index contributed by atoms with van der Waals surface area (Å²) in [6.45, 7) is 4.37. The van der Waals surface area contributed by atoms with E-state index < -0.39 is 18.0 Å². The largest absolute Gasteiger partial charge is 0.348 e. The Morgan fingerprint density at radius 1 is 1.05 bits per heavy atom. The molecule has 2 atom stereocenters. The number of carbonyl (C=O) groups excluding carboxylic acids is 4. The minimum Gasteiger partial charge on any atom is -0.348 e. The van der Waals surface area contributed by atoms with E-state index >= 15 is 0 Å². The third-order valence-corrected chi connectivity index (χ3v) is 7.18. The monoisotopic (exact) mass is 559 g/mol. The maximum absolute atomic E-state index is 14.0. The number of aryl methyl sites for hydroxylation is 3. The highest BCUT2D eigenvalue weighted by atomic mass is 16.2. The lowest BCUT2D eigenvalue weighted by molar-refractivity contribution is -0.146. The molecular formula is C28H33N9O4. The van der Waals surface area contributed by atoms with E-state index in [9.17, 15) is 19.2 Å². The first-order valence-corrected chi connectivity index (χ1v) is 13.7. The van der Waals surface area contributed by atoms with Gasteiger partial charge in [0.1, 0.15) is 29.3 Å². The summed E-state index contributed by atoms with van der Waals surface area (Å²) < 4.78 is 1.63. The second-order valence-corrected chi connectivity index (χ2v) is 10.3. The molecule has 2 N–H and O–H groups in total. The van der Waals surface area contributed by atoms with Crippen LogP contribution in [0.15, 0.2) is 42.6 Å². The van der Waals surface area contributed by atoms with Gasteiger partial charge in [-0.05, 0) is 31.9 Å². The van der Waals surface area contributed by atoms with Crippen molar-refractivity contribution in [2.24, 2.45) is 0 Å². The predicted octanol–water partition coefficient (Wildman–Crippen LogP) is 0.176. The third kappa shape index (κ3) is 6.73. The highest BCUT2D eigenvalue weighted by Crippen LogP contribution is 2.17. The number of aromatic nitrogens is 5. The summed E-state index contributed by atoms with van der Waals surface area (Å²) >= 11 is 0. The van der Waals surface area contributed by atoms with Gasteiger partial charge in [0.15, 0.2) is 0 Å². The first-order chi connectivity index (χ1) is 19.8. The summed E-state index contributed by atoms with van der Waals surface area (Å²) in [7, 11) is 0. The molecule has 0 unspecified atom stereocenters. The lowest BCUT2D eigenvalue weighted by Gasteiger charge is -2.41. The fraction of sp³-hybridized carbons (Fsp3) is 0.429. The molecule has 2 bridgehead atoms. The van der Waals surface area contributed by atoms with E-state index in [2.05, 4.69) is 30.9 Å². The molecule has 2 aliphatic rings. The second-order valence-electron chi connectivity index (χ2n) is 10.3. The summed E-state index contributed by atoms with van der Waals surface area (Å²) in [5.74, 6) is -0.936. The van der Waals surface area contributed by atoms with Crippen molar-refractivity contribution < 1.29 is 19.2 Å². The summed E-state index contributed by atoms with van der Waals surface area (Å²) in [5, 5.41) is 13.9. The van der Waals surface area contributed by atoms with Crippen molar-refractivity contribution >= 4 is 23.6 Å². The van der Waals surface area contributed by atoms with Gasteiger partial charge >= 0.3 is 0 Å². The van der Waals surface area contributed by atoms with E-state index in [1.54, 1.807) is 30.8 Å². The zero-order valence-electron chi connectivity index (χ0n) is 23.1. The predicted molar refractivity (Wildman–Crippen MR) is 146 cm³/mol. The van der Waals surface area contributed by atoms with E-state index in [0.29, 0.717) is 30.2 Å². The fourth-order valence-corrected chi connectivity index (χ4v) is 5.19. The molecule has 2 aromatic heterocycles. The molecule has 1 saturated heterocycles. The van der Waals surface area contributed by atoms with E-state index in [0.717, 1.165) is 5.56 Å². The van der Waals surface area contributed by atoms with Gasteiger partial charge in [-0.2, -0.15) is 0 Å². The van der Waals surface area contributed by atoms with Gasteiger partial charge in [0.05, 0.1) is 19.3 Å². The maximum atomic E-state index is 14.0. The molecule has 41 heavy (non-hydrogen) atoms. The van der Waals surface area contributed by atoms with Crippen molar-refractivity contribution in [2.45, 2.75) is 58.3 Å². The Kier molecular flexibility index (Phi) is 8.31. The lowest BCUT2D eigenvalue weighted by Crippen LogP contribution is -2.64. The van der Waals surface area contributed by atoms with Gasteiger partial charge in [-0.25, -0.2) is 9.97 Å². The van der Waals surface area contributed by atoms with Crippen LogP contribution < -0.4 is 10.6 Å². The number of rotatable bonds is 3. The van der Waals surface area contributed by atoms with Crippen LogP contribution in [0.2, 0.25) is 0 Å². The van der Waals surface area contributed by atoms with Crippen LogP contribution in [0.5, 0.6) is 0 Å². The summed E-state index contributed by atoms with van der Waals surface area (Å²) in [5.41, 5.74) is 2.32. The summed E-state index contributed by atoms with van der Waals surface area (Å²) in [6.07, 6.45) is 2.70. The van der Waals surface area contributed by atoms with Crippen molar-refractivity contribution in [3.8, 4) is 0 Å². The number of amides is 4.